The highest BCUT2D eigenvalue weighted by Gasteiger charge is 2.14. The van der Waals surface area contributed by atoms with Gasteiger partial charge in [0.1, 0.15) is 5.82 Å². The van der Waals surface area contributed by atoms with E-state index in [9.17, 15) is 9.18 Å². The van der Waals surface area contributed by atoms with E-state index in [4.69, 9.17) is 0 Å². The molecule has 106 valence electrons. The molecule has 1 N–H and O–H groups in total. The summed E-state index contributed by atoms with van der Waals surface area (Å²) in [7, 11) is 0. The molecule has 2 aromatic carbocycles. The second kappa shape index (κ2) is 5.26. The van der Waals surface area contributed by atoms with Crippen LogP contribution in [0.5, 0.6) is 0 Å². The molecule has 0 saturated heterocycles. The van der Waals surface area contributed by atoms with Gasteiger partial charge in [0.25, 0.3) is 5.91 Å². The molecular weight excluding hydrogens is 287 g/mol. The van der Waals surface area contributed by atoms with Gasteiger partial charge in [0.15, 0.2) is 5.13 Å². The van der Waals surface area contributed by atoms with Crippen LogP contribution in [0.1, 0.15) is 21.5 Å². The van der Waals surface area contributed by atoms with E-state index in [0.29, 0.717) is 5.13 Å². The van der Waals surface area contributed by atoms with Crippen LogP contribution in [0, 0.1) is 19.7 Å². The fourth-order valence-electron chi connectivity index (χ4n) is 2.05. The van der Waals surface area contributed by atoms with Gasteiger partial charge in [-0.15, -0.1) is 0 Å². The van der Waals surface area contributed by atoms with E-state index in [1.54, 1.807) is 13.0 Å². The number of halogens is 1. The van der Waals surface area contributed by atoms with Gasteiger partial charge in [-0.05, 0) is 49.2 Å². The summed E-state index contributed by atoms with van der Waals surface area (Å²) in [6, 6.07) is 10.4. The average Bonchev–Trinajstić information content (AvgIpc) is 2.79. The second-order valence-corrected chi connectivity index (χ2v) is 5.96. The highest BCUT2D eigenvalue weighted by molar-refractivity contribution is 7.22. The van der Waals surface area contributed by atoms with Crippen LogP contribution in [0.3, 0.4) is 0 Å². The second-order valence-electron chi connectivity index (χ2n) is 4.93. The number of benzene rings is 2. The maximum atomic E-state index is 13.8. The number of aryl methyl sites for hydroxylation is 2. The largest absolute Gasteiger partial charge is 0.298 e. The summed E-state index contributed by atoms with van der Waals surface area (Å²) in [4.78, 5) is 16.4. The Morgan fingerprint density at radius 1 is 1.14 bits per heavy atom. The summed E-state index contributed by atoms with van der Waals surface area (Å²) in [5, 5.41) is 3.13. The monoisotopic (exact) mass is 300 g/mol. The Balaban J connectivity index is 1.89. The lowest BCUT2D eigenvalue weighted by molar-refractivity contribution is 0.102. The SMILES string of the molecule is Cc1ccc(C(=O)Nc2nc3ccc(C)cc3s2)c(F)c1. The smallest absolute Gasteiger partial charge is 0.260 e. The number of aromatic nitrogens is 1. The fraction of sp³-hybridized carbons (Fsp3) is 0.125. The molecule has 0 bridgehead atoms. The van der Waals surface area contributed by atoms with Crippen LogP contribution in [0.4, 0.5) is 9.52 Å². The van der Waals surface area contributed by atoms with E-state index >= 15 is 0 Å². The van der Waals surface area contributed by atoms with Gasteiger partial charge in [-0.2, -0.15) is 0 Å². The summed E-state index contributed by atoms with van der Waals surface area (Å²) < 4.78 is 14.8. The van der Waals surface area contributed by atoms with E-state index in [1.165, 1.54) is 23.5 Å². The molecule has 1 aromatic heterocycles. The number of hydrogen-bond acceptors (Lipinski definition) is 3. The Morgan fingerprint density at radius 2 is 1.86 bits per heavy atom. The molecule has 1 heterocycles. The van der Waals surface area contributed by atoms with Gasteiger partial charge in [0, 0.05) is 0 Å². The number of rotatable bonds is 2. The predicted molar refractivity (Wildman–Crippen MR) is 83.4 cm³/mol. The number of carbonyl (C=O) groups is 1. The molecular formula is C16H13FN2OS. The van der Waals surface area contributed by atoms with Crippen LogP contribution < -0.4 is 5.32 Å². The van der Waals surface area contributed by atoms with E-state index in [1.807, 2.05) is 25.1 Å². The van der Waals surface area contributed by atoms with Gasteiger partial charge in [-0.25, -0.2) is 9.37 Å². The Hall–Kier alpha value is -2.27. The Labute approximate surface area is 125 Å². The van der Waals surface area contributed by atoms with Crippen molar-refractivity contribution >= 4 is 32.6 Å². The van der Waals surface area contributed by atoms with Crippen LogP contribution >= 0.6 is 11.3 Å². The Morgan fingerprint density at radius 3 is 2.62 bits per heavy atom. The number of nitrogens with one attached hydrogen (secondary N) is 1. The highest BCUT2D eigenvalue weighted by atomic mass is 32.1. The number of carbonyl (C=O) groups excluding carboxylic acids is 1. The van der Waals surface area contributed by atoms with E-state index in [2.05, 4.69) is 10.3 Å². The number of thiazole rings is 1. The van der Waals surface area contributed by atoms with Crippen molar-refractivity contribution in [3.63, 3.8) is 0 Å². The van der Waals surface area contributed by atoms with Crippen LogP contribution in [0.2, 0.25) is 0 Å². The number of nitrogens with zero attached hydrogens (tertiary/aromatic N) is 1. The molecule has 0 aliphatic heterocycles. The minimum Gasteiger partial charge on any atom is -0.298 e. The third-order valence-electron chi connectivity index (χ3n) is 3.13. The number of fused-ring (bicyclic) bond motifs is 1. The molecule has 0 aliphatic carbocycles. The molecule has 3 rings (SSSR count). The van der Waals surface area contributed by atoms with Crippen molar-refractivity contribution in [1.29, 1.82) is 0 Å². The molecule has 5 heteroatoms. The van der Waals surface area contributed by atoms with Crippen LogP contribution in [-0.2, 0) is 0 Å². The molecule has 1 amide bonds. The highest BCUT2D eigenvalue weighted by Crippen LogP contribution is 2.27. The fourth-order valence-corrected chi connectivity index (χ4v) is 3.01. The van der Waals surface area contributed by atoms with Crippen LogP contribution in [0.15, 0.2) is 36.4 Å². The molecule has 0 fully saturated rings. The van der Waals surface area contributed by atoms with Crippen LogP contribution in [0.25, 0.3) is 10.2 Å². The zero-order valence-corrected chi connectivity index (χ0v) is 12.4. The number of anilines is 1. The quantitative estimate of drug-likeness (QED) is 0.766. The molecule has 0 unspecified atom stereocenters. The molecule has 0 spiro atoms. The molecule has 3 nitrogen and oxygen atoms in total. The number of amides is 1. The Kier molecular flexibility index (Phi) is 3.43. The summed E-state index contributed by atoms with van der Waals surface area (Å²) in [5.74, 6) is -1.01. The standard InChI is InChI=1S/C16H13FN2OS/c1-9-3-5-11(12(17)7-9)15(20)19-16-18-13-6-4-10(2)8-14(13)21-16/h3-8H,1-2H3,(H,18,19,20). The molecule has 0 atom stereocenters. The first-order valence-electron chi connectivity index (χ1n) is 6.47. The van der Waals surface area contributed by atoms with Gasteiger partial charge in [-0.1, -0.05) is 23.5 Å². The first kappa shape index (κ1) is 13.7. The first-order chi connectivity index (χ1) is 10.0. The lowest BCUT2D eigenvalue weighted by atomic mass is 10.1. The maximum Gasteiger partial charge on any atom is 0.260 e. The molecule has 0 radical (unpaired) electrons. The van der Waals surface area contributed by atoms with Crippen molar-refractivity contribution in [3.8, 4) is 0 Å². The minimum absolute atomic E-state index is 0.0241. The topological polar surface area (TPSA) is 42.0 Å². The zero-order chi connectivity index (χ0) is 15.0. The third kappa shape index (κ3) is 2.78. The van der Waals surface area contributed by atoms with Crippen molar-refractivity contribution in [1.82, 2.24) is 4.98 Å². The molecule has 21 heavy (non-hydrogen) atoms. The summed E-state index contributed by atoms with van der Waals surface area (Å²) in [5.41, 5.74) is 2.76. The lowest BCUT2D eigenvalue weighted by Crippen LogP contribution is -2.13. The van der Waals surface area contributed by atoms with Crippen molar-refractivity contribution < 1.29 is 9.18 Å². The molecule has 0 aliphatic rings. The van der Waals surface area contributed by atoms with E-state index in [0.717, 1.165) is 21.3 Å². The van der Waals surface area contributed by atoms with E-state index in [-0.39, 0.29) is 5.56 Å². The Bertz CT molecular complexity index is 841. The maximum absolute atomic E-state index is 13.8. The molecule has 3 aromatic rings. The van der Waals surface area contributed by atoms with Crippen molar-refractivity contribution in [2.24, 2.45) is 0 Å². The van der Waals surface area contributed by atoms with Gasteiger partial charge in [0.2, 0.25) is 0 Å². The molecule has 0 saturated carbocycles. The summed E-state index contributed by atoms with van der Waals surface area (Å²) >= 11 is 1.38. The van der Waals surface area contributed by atoms with Gasteiger partial charge in [-0.3, -0.25) is 10.1 Å². The minimum atomic E-state index is -0.524. The van der Waals surface area contributed by atoms with Gasteiger partial charge < -0.3 is 0 Å². The van der Waals surface area contributed by atoms with Crippen molar-refractivity contribution in [2.75, 3.05) is 5.32 Å². The summed E-state index contributed by atoms with van der Waals surface area (Å²) in [6.45, 7) is 3.78. The van der Waals surface area contributed by atoms with Crippen molar-refractivity contribution in [3.05, 3.63) is 58.9 Å². The average molecular weight is 300 g/mol. The third-order valence-corrected chi connectivity index (χ3v) is 4.07. The predicted octanol–water partition coefficient (Wildman–Crippen LogP) is 4.30. The zero-order valence-electron chi connectivity index (χ0n) is 11.6. The lowest BCUT2D eigenvalue weighted by Gasteiger charge is -2.03. The number of hydrogen-bond donors (Lipinski definition) is 1. The van der Waals surface area contributed by atoms with Gasteiger partial charge in [0.05, 0.1) is 15.8 Å². The van der Waals surface area contributed by atoms with Gasteiger partial charge >= 0.3 is 0 Å². The van der Waals surface area contributed by atoms with Crippen molar-refractivity contribution in [2.45, 2.75) is 13.8 Å². The van der Waals surface area contributed by atoms with E-state index < -0.39 is 11.7 Å². The summed E-state index contributed by atoms with van der Waals surface area (Å²) in [6.07, 6.45) is 0. The normalized spacial score (nSPS) is 10.8. The first-order valence-corrected chi connectivity index (χ1v) is 7.29. The van der Waals surface area contributed by atoms with Crippen LogP contribution in [-0.4, -0.2) is 10.9 Å².